The first kappa shape index (κ1) is 24.4. The van der Waals surface area contributed by atoms with Crippen molar-refractivity contribution in [1.29, 1.82) is 0 Å². The summed E-state index contributed by atoms with van der Waals surface area (Å²) in [4.78, 5) is 41.1. The van der Waals surface area contributed by atoms with Crippen molar-refractivity contribution < 1.29 is 28.2 Å². The number of likely N-dealkylation sites (tertiary alicyclic amines) is 2. The molecule has 4 rings (SSSR count). The lowest BCUT2D eigenvalue weighted by Crippen LogP contribution is -2.43. The Morgan fingerprint density at radius 3 is 2.71 bits per heavy atom. The highest BCUT2D eigenvalue weighted by molar-refractivity contribution is 5.97. The van der Waals surface area contributed by atoms with Crippen molar-refractivity contribution >= 4 is 23.6 Å². The topological polar surface area (TPSA) is 88.2 Å². The van der Waals surface area contributed by atoms with Crippen LogP contribution in [0.25, 0.3) is 0 Å². The Morgan fingerprint density at radius 2 is 2.03 bits per heavy atom. The van der Waals surface area contributed by atoms with Gasteiger partial charge in [0.25, 0.3) is 0 Å². The molecule has 8 nitrogen and oxygen atoms in total. The molecule has 3 amide bonds. The van der Waals surface area contributed by atoms with Crippen molar-refractivity contribution in [2.45, 2.75) is 69.6 Å². The number of carbonyl (C=O) groups excluding carboxylic acids is 3. The number of hydrogen-bond donors (Lipinski definition) is 1. The molecule has 3 aliphatic rings. The van der Waals surface area contributed by atoms with Crippen LogP contribution in [0.2, 0.25) is 0 Å². The number of methoxy groups -OCH3 is 2. The van der Waals surface area contributed by atoms with Crippen LogP contribution in [-0.4, -0.2) is 67.2 Å². The van der Waals surface area contributed by atoms with Gasteiger partial charge in [-0.3, -0.25) is 14.5 Å². The summed E-state index contributed by atoms with van der Waals surface area (Å²) < 4.78 is 24.9. The minimum Gasteiger partial charge on any atom is -0.453 e. The van der Waals surface area contributed by atoms with Gasteiger partial charge in [-0.25, -0.2) is 9.18 Å². The van der Waals surface area contributed by atoms with E-state index in [1.165, 1.54) is 38.0 Å². The highest BCUT2D eigenvalue weighted by Gasteiger charge is 2.41. The summed E-state index contributed by atoms with van der Waals surface area (Å²) in [5, 5.41) is 2.67. The third kappa shape index (κ3) is 5.51. The fraction of sp³-hybridized carbons (Fsp3) is 0.640. The molecule has 3 atom stereocenters. The number of amides is 3. The molecule has 1 saturated carbocycles. The van der Waals surface area contributed by atoms with Crippen molar-refractivity contribution in [3.05, 3.63) is 29.6 Å². The Morgan fingerprint density at radius 1 is 1.24 bits per heavy atom. The first-order valence-corrected chi connectivity index (χ1v) is 12.2. The number of halogens is 1. The van der Waals surface area contributed by atoms with Gasteiger partial charge in [0.2, 0.25) is 11.8 Å². The zero-order valence-corrected chi connectivity index (χ0v) is 19.9. The van der Waals surface area contributed by atoms with E-state index in [1.54, 1.807) is 12.1 Å². The first-order chi connectivity index (χ1) is 16.4. The van der Waals surface area contributed by atoms with Gasteiger partial charge in [0.15, 0.2) is 0 Å². The van der Waals surface area contributed by atoms with Gasteiger partial charge in [-0.15, -0.1) is 0 Å². The lowest BCUT2D eigenvalue weighted by Gasteiger charge is -2.35. The predicted octanol–water partition coefficient (Wildman–Crippen LogP) is 3.86. The molecule has 0 bridgehead atoms. The molecule has 0 spiro atoms. The zero-order chi connectivity index (χ0) is 24.2. The minimum absolute atomic E-state index is 0.0501. The maximum absolute atomic E-state index is 14.8. The molecule has 3 unspecified atom stereocenters. The summed E-state index contributed by atoms with van der Waals surface area (Å²) in [7, 11) is 2.78. The number of carbonyl (C=O) groups is 3. The van der Waals surface area contributed by atoms with E-state index < -0.39 is 23.9 Å². The predicted molar refractivity (Wildman–Crippen MR) is 124 cm³/mol. The van der Waals surface area contributed by atoms with Crippen LogP contribution in [0.5, 0.6) is 0 Å². The second kappa shape index (κ2) is 10.7. The Kier molecular flexibility index (Phi) is 7.70. The molecule has 1 aliphatic carbocycles. The number of ether oxygens (including phenoxy) is 2. The number of nitrogens with zero attached hydrogens (tertiary/aromatic N) is 2. The SMILES string of the molecule is COC(=O)N1CC(OC)CC1C(=O)Nc1cc(C(CCC2CC2)N2CCCCC2=O)ccc1F. The van der Waals surface area contributed by atoms with Gasteiger partial charge in [0, 0.05) is 26.5 Å². The van der Waals surface area contributed by atoms with Crippen LogP contribution < -0.4 is 5.32 Å². The summed E-state index contributed by atoms with van der Waals surface area (Å²) in [6.07, 6.45) is 6.07. The van der Waals surface area contributed by atoms with Gasteiger partial charge >= 0.3 is 6.09 Å². The Balaban J connectivity index is 1.54. The first-order valence-electron chi connectivity index (χ1n) is 12.2. The lowest BCUT2D eigenvalue weighted by atomic mass is 9.95. The Labute approximate surface area is 199 Å². The molecule has 34 heavy (non-hydrogen) atoms. The highest BCUT2D eigenvalue weighted by atomic mass is 19.1. The molecule has 0 aromatic heterocycles. The Hall–Kier alpha value is -2.68. The number of nitrogens with one attached hydrogen (secondary N) is 1. The molecule has 0 radical (unpaired) electrons. The standard InChI is InChI=1S/C25H34FN3O5/c1-33-18-14-22(29(15-18)25(32)34-2)24(31)27-20-13-17(9-10-19(20)26)21(11-8-16-6-7-16)28-12-4-3-5-23(28)30/h9-10,13,16,18,21-22H,3-8,11-12,14-15H2,1-2H3,(H,27,31). The van der Waals surface area contributed by atoms with Gasteiger partial charge in [-0.05, 0) is 49.3 Å². The van der Waals surface area contributed by atoms with E-state index >= 15 is 0 Å². The summed E-state index contributed by atoms with van der Waals surface area (Å²) in [6.45, 7) is 0.923. The van der Waals surface area contributed by atoms with E-state index in [0.717, 1.165) is 31.2 Å². The largest absolute Gasteiger partial charge is 0.453 e. The third-order valence-electron chi connectivity index (χ3n) is 7.22. The van der Waals surface area contributed by atoms with E-state index in [-0.39, 0.29) is 30.3 Å². The van der Waals surface area contributed by atoms with Gasteiger partial charge in [-0.1, -0.05) is 18.9 Å². The second-order valence-corrected chi connectivity index (χ2v) is 9.54. The Bertz CT molecular complexity index is 922. The van der Waals surface area contributed by atoms with E-state index in [0.29, 0.717) is 25.3 Å². The maximum atomic E-state index is 14.8. The van der Waals surface area contributed by atoms with Crippen molar-refractivity contribution in [2.24, 2.45) is 5.92 Å². The van der Waals surface area contributed by atoms with E-state index in [9.17, 15) is 18.8 Å². The molecule has 3 fully saturated rings. The van der Waals surface area contributed by atoms with Crippen LogP contribution in [0, 0.1) is 11.7 Å². The van der Waals surface area contributed by atoms with Gasteiger partial charge in [-0.2, -0.15) is 0 Å². The molecular formula is C25H34FN3O5. The summed E-state index contributed by atoms with van der Waals surface area (Å²) in [5.41, 5.74) is 0.868. The smallest absolute Gasteiger partial charge is 0.410 e. The molecule has 9 heteroatoms. The van der Waals surface area contributed by atoms with Crippen LogP contribution in [0.1, 0.15) is 63.0 Å². The molecule has 1 N–H and O–H groups in total. The van der Waals surface area contributed by atoms with E-state index in [1.807, 2.05) is 4.90 Å². The molecule has 1 aromatic carbocycles. The van der Waals surface area contributed by atoms with Crippen molar-refractivity contribution in [3.8, 4) is 0 Å². The summed E-state index contributed by atoms with van der Waals surface area (Å²) in [6, 6.07) is 3.73. The normalized spacial score (nSPS) is 23.7. The molecule has 186 valence electrons. The van der Waals surface area contributed by atoms with Crippen LogP contribution >= 0.6 is 0 Å². The van der Waals surface area contributed by atoms with Crippen molar-refractivity contribution in [2.75, 3.05) is 32.6 Å². The van der Waals surface area contributed by atoms with Crippen molar-refractivity contribution in [1.82, 2.24) is 9.80 Å². The third-order valence-corrected chi connectivity index (χ3v) is 7.22. The molecular weight excluding hydrogens is 441 g/mol. The average molecular weight is 476 g/mol. The average Bonchev–Trinajstić information content (AvgIpc) is 3.56. The highest BCUT2D eigenvalue weighted by Crippen LogP contribution is 2.39. The van der Waals surface area contributed by atoms with Crippen molar-refractivity contribution in [3.63, 3.8) is 0 Å². The zero-order valence-electron chi connectivity index (χ0n) is 19.9. The quantitative estimate of drug-likeness (QED) is 0.617. The van der Waals surface area contributed by atoms with Crippen LogP contribution in [-0.2, 0) is 19.1 Å². The fourth-order valence-corrected chi connectivity index (χ4v) is 5.06. The number of rotatable bonds is 8. The number of anilines is 1. The number of hydrogen-bond acceptors (Lipinski definition) is 5. The lowest BCUT2D eigenvalue weighted by molar-refractivity contribution is -0.136. The van der Waals surface area contributed by atoms with Crippen LogP contribution in [0.4, 0.5) is 14.9 Å². The van der Waals surface area contributed by atoms with Gasteiger partial charge in [0.05, 0.1) is 31.5 Å². The molecule has 2 heterocycles. The molecule has 1 aromatic rings. The van der Waals surface area contributed by atoms with Crippen LogP contribution in [0.15, 0.2) is 18.2 Å². The van der Waals surface area contributed by atoms with Gasteiger partial charge in [0.1, 0.15) is 11.9 Å². The molecule has 2 saturated heterocycles. The monoisotopic (exact) mass is 475 g/mol. The second-order valence-electron chi connectivity index (χ2n) is 9.54. The number of piperidine rings is 1. The van der Waals surface area contributed by atoms with E-state index in [2.05, 4.69) is 5.32 Å². The fourth-order valence-electron chi connectivity index (χ4n) is 5.06. The van der Waals surface area contributed by atoms with Gasteiger partial charge < -0.3 is 19.7 Å². The molecule has 2 aliphatic heterocycles. The summed E-state index contributed by atoms with van der Waals surface area (Å²) >= 11 is 0. The summed E-state index contributed by atoms with van der Waals surface area (Å²) in [5.74, 6) is -0.215. The maximum Gasteiger partial charge on any atom is 0.410 e. The number of benzene rings is 1. The van der Waals surface area contributed by atoms with E-state index in [4.69, 9.17) is 9.47 Å². The van der Waals surface area contributed by atoms with Crippen LogP contribution in [0.3, 0.4) is 0 Å². The minimum atomic E-state index is -0.824.